The van der Waals surface area contributed by atoms with E-state index in [1.807, 2.05) is 30.3 Å². The van der Waals surface area contributed by atoms with Crippen molar-refractivity contribution < 1.29 is 4.79 Å². The first-order valence-electron chi connectivity index (χ1n) is 9.60. The summed E-state index contributed by atoms with van der Waals surface area (Å²) in [6.45, 7) is 1.49. The molecule has 0 saturated carbocycles. The molecule has 0 aliphatic carbocycles. The van der Waals surface area contributed by atoms with E-state index in [2.05, 4.69) is 28.2 Å². The van der Waals surface area contributed by atoms with Crippen LogP contribution in [0.25, 0.3) is 22.3 Å². The third kappa shape index (κ3) is 6.22. The Morgan fingerprint density at radius 1 is 1.10 bits per heavy atom. The smallest absolute Gasteiger partial charge is 0.219 e. The Balaban J connectivity index is 1.67. The summed E-state index contributed by atoms with van der Waals surface area (Å²) >= 11 is 16.7. The summed E-state index contributed by atoms with van der Waals surface area (Å²) in [6, 6.07) is 13.1. The van der Waals surface area contributed by atoms with Crippen molar-refractivity contribution in [1.82, 2.24) is 15.3 Å². The van der Waals surface area contributed by atoms with E-state index in [-0.39, 0.29) is 17.7 Å². The number of carbonyl (C=O) groups is 1. The fourth-order valence-electron chi connectivity index (χ4n) is 2.99. The molecule has 1 amide bonds. The molecule has 0 fully saturated rings. The number of anilines is 1. The number of halogens is 2. The highest BCUT2D eigenvalue weighted by atomic mass is 35.5. The van der Waals surface area contributed by atoms with Gasteiger partial charge in [-0.05, 0) is 49.7 Å². The summed E-state index contributed by atoms with van der Waals surface area (Å²) in [5.74, 6) is 0.940. The van der Waals surface area contributed by atoms with Crippen LogP contribution in [0.5, 0.6) is 0 Å². The number of carbonyl (C=O) groups excluding carboxylic acids is 1. The third-order valence-electron chi connectivity index (χ3n) is 4.45. The lowest BCUT2D eigenvalue weighted by Crippen LogP contribution is -2.30. The Labute approximate surface area is 191 Å². The first-order chi connectivity index (χ1) is 14.4. The molecule has 1 atom stereocenters. The van der Waals surface area contributed by atoms with Gasteiger partial charge in [0.15, 0.2) is 5.82 Å². The van der Waals surface area contributed by atoms with Gasteiger partial charge in [-0.25, -0.2) is 9.97 Å². The number of nitrogens with two attached hydrogens (primary N) is 1. The molecule has 30 heavy (non-hydrogen) atoms. The first kappa shape index (κ1) is 22.6. The fourth-order valence-corrected chi connectivity index (χ4v) is 3.79. The maximum Gasteiger partial charge on any atom is 0.219 e. The SMILES string of the molecule is NC(=O)CC(S)NCCCCNc1nc(-c2ccc(Cl)cc2Cl)nc2ccccc12. The van der Waals surface area contributed by atoms with Crippen molar-refractivity contribution in [3.05, 3.63) is 52.5 Å². The lowest BCUT2D eigenvalue weighted by atomic mass is 10.1. The predicted molar refractivity (Wildman–Crippen MR) is 127 cm³/mol. The number of nitrogens with one attached hydrogen (secondary N) is 2. The highest BCUT2D eigenvalue weighted by Crippen LogP contribution is 2.31. The molecule has 1 unspecified atom stereocenters. The van der Waals surface area contributed by atoms with Gasteiger partial charge < -0.3 is 16.4 Å². The monoisotopic (exact) mass is 463 g/mol. The van der Waals surface area contributed by atoms with Crippen LogP contribution < -0.4 is 16.4 Å². The van der Waals surface area contributed by atoms with Gasteiger partial charge in [0.05, 0.1) is 22.3 Å². The second-order valence-corrected chi connectivity index (χ2v) is 8.28. The zero-order chi connectivity index (χ0) is 21.5. The molecule has 0 radical (unpaired) electrons. The number of para-hydroxylation sites is 1. The standard InChI is InChI=1S/C21H23Cl2N5OS/c22-13-7-8-14(16(23)11-13)21-27-17-6-2-1-5-15(17)20(28-21)26-10-4-3-9-25-19(30)12-18(24)29/h1-2,5-8,11,19,25,30H,3-4,9-10,12H2,(H2,24,29)(H,26,27,28). The molecule has 0 aliphatic heterocycles. The Morgan fingerprint density at radius 2 is 1.87 bits per heavy atom. The zero-order valence-corrected chi connectivity index (χ0v) is 18.6. The summed E-state index contributed by atoms with van der Waals surface area (Å²) in [4.78, 5) is 20.2. The van der Waals surface area contributed by atoms with E-state index in [1.165, 1.54) is 0 Å². The number of primary amides is 1. The topological polar surface area (TPSA) is 92.9 Å². The first-order valence-corrected chi connectivity index (χ1v) is 10.9. The summed E-state index contributed by atoms with van der Waals surface area (Å²) < 4.78 is 0. The van der Waals surface area contributed by atoms with Gasteiger partial charge in [0.25, 0.3) is 0 Å². The minimum absolute atomic E-state index is 0.213. The molecule has 0 bridgehead atoms. The molecule has 158 valence electrons. The van der Waals surface area contributed by atoms with Crippen LogP contribution in [0.15, 0.2) is 42.5 Å². The molecule has 4 N–H and O–H groups in total. The van der Waals surface area contributed by atoms with Gasteiger partial charge in [-0.15, -0.1) is 0 Å². The molecular formula is C21H23Cl2N5OS. The largest absolute Gasteiger partial charge is 0.370 e. The molecule has 0 saturated heterocycles. The van der Waals surface area contributed by atoms with Gasteiger partial charge in [0.1, 0.15) is 5.82 Å². The van der Waals surface area contributed by atoms with Crippen molar-refractivity contribution in [2.24, 2.45) is 5.73 Å². The van der Waals surface area contributed by atoms with Crippen LogP contribution in [-0.2, 0) is 4.79 Å². The van der Waals surface area contributed by atoms with Gasteiger partial charge in [-0.1, -0.05) is 35.3 Å². The van der Waals surface area contributed by atoms with Gasteiger partial charge in [-0.2, -0.15) is 12.6 Å². The van der Waals surface area contributed by atoms with Gasteiger partial charge >= 0.3 is 0 Å². The second-order valence-electron chi connectivity index (χ2n) is 6.81. The number of nitrogens with zero attached hydrogens (tertiary/aromatic N) is 2. The number of hydrogen-bond acceptors (Lipinski definition) is 6. The number of aromatic nitrogens is 2. The summed E-state index contributed by atoms with van der Waals surface area (Å²) in [7, 11) is 0. The van der Waals surface area contributed by atoms with E-state index in [9.17, 15) is 4.79 Å². The van der Waals surface area contributed by atoms with E-state index in [1.54, 1.807) is 12.1 Å². The highest BCUT2D eigenvalue weighted by Gasteiger charge is 2.12. The van der Waals surface area contributed by atoms with E-state index in [0.717, 1.165) is 48.2 Å². The minimum Gasteiger partial charge on any atom is -0.370 e. The van der Waals surface area contributed by atoms with Crippen LogP contribution >= 0.6 is 35.8 Å². The second kappa shape index (κ2) is 10.8. The molecule has 1 heterocycles. The lowest BCUT2D eigenvalue weighted by molar-refractivity contribution is -0.118. The fraction of sp³-hybridized carbons (Fsp3) is 0.286. The van der Waals surface area contributed by atoms with Gasteiger partial charge in [0.2, 0.25) is 5.91 Å². The minimum atomic E-state index is -0.364. The number of hydrogen-bond donors (Lipinski definition) is 4. The van der Waals surface area contributed by atoms with Crippen molar-refractivity contribution in [1.29, 1.82) is 0 Å². The molecule has 3 aromatic rings. The number of amides is 1. The van der Waals surface area contributed by atoms with Crippen molar-refractivity contribution in [3.8, 4) is 11.4 Å². The Hall–Kier alpha value is -2.06. The van der Waals surface area contributed by atoms with Crippen LogP contribution in [0.2, 0.25) is 10.0 Å². The van der Waals surface area contributed by atoms with E-state index in [4.69, 9.17) is 33.9 Å². The Morgan fingerprint density at radius 3 is 2.63 bits per heavy atom. The molecule has 3 rings (SSSR count). The molecular weight excluding hydrogens is 441 g/mol. The number of rotatable bonds is 10. The molecule has 1 aromatic heterocycles. The zero-order valence-electron chi connectivity index (χ0n) is 16.2. The van der Waals surface area contributed by atoms with Crippen LogP contribution in [0, 0.1) is 0 Å². The molecule has 6 nitrogen and oxygen atoms in total. The van der Waals surface area contributed by atoms with Crippen LogP contribution in [0.1, 0.15) is 19.3 Å². The molecule has 0 spiro atoms. The third-order valence-corrected chi connectivity index (χ3v) is 5.36. The molecule has 9 heteroatoms. The number of thiol groups is 1. The van der Waals surface area contributed by atoms with Crippen molar-refractivity contribution >= 4 is 58.5 Å². The number of unbranched alkanes of at least 4 members (excludes halogenated alkanes) is 1. The number of fused-ring (bicyclic) bond motifs is 1. The summed E-state index contributed by atoms with van der Waals surface area (Å²) in [5, 5.41) is 8.38. The van der Waals surface area contributed by atoms with Crippen molar-refractivity contribution in [2.75, 3.05) is 18.4 Å². The van der Waals surface area contributed by atoms with Crippen LogP contribution in [0.4, 0.5) is 5.82 Å². The normalized spacial score (nSPS) is 12.1. The van der Waals surface area contributed by atoms with Gasteiger partial charge in [0, 0.05) is 22.5 Å². The lowest BCUT2D eigenvalue weighted by Gasteiger charge is -2.13. The van der Waals surface area contributed by atoms with E-state index >= 15 is 0 Å². The average molecular weight is 464 g/mol. The summed E-state index contributed by atoms with van der Waals surface area (Å²) in [5.41, 5.74) is 6.73. The van der Waals surface area contributed by atoms with E-state index < -0.39 is 0 Å². The highest BCUT2D eigenvalue weighted by molar-refractivity contribution is 7.80. The average Bonchev–Trinajstić information content (AvgIpc) is 2.69. The van der Waals surface area contributed by atoms with Crippen LogP contribution in [-0.4, -0.2) is 34.3 Å². The van der Waals surface area contributed by atoms with E-state index in [0.29, 0.717) is 15.9 Å². The number of benzene rings is 2. The Bertz CT molecular complexity index is 1030. The molecule has 2 aromatic carbocycles. The van der Waals surface area contributed by atoms with Crippen molar-refractivity contribution in [2.45, 2.75) is 24.6 Å². The maximum absolute atomic E-state index is 10.9. The van der Waals surface area contributed by atoms with Crippen molar-refractivity contribution in [3.63, 3.8) is 0 Å². The predicted octanol–water partition coefficient (Wildman–Crippen LogP) is 4.52. The van der Waals surface area contributed by atoms with Crippen LogP contribution in [0.3, 0.4) is 0 Å². The quantitative estimate of drug-likeness (QED) is 0.201. The van der Waals surface area contributed by atoms with Gasteiger partial charge in [-0.3, -0.25) is 4.79 Å². The summed E-state index contributed by atoms with van der Waals surface area (Å²) in [6.07, 6.45) is 2.05. The molecule has 0 aliphatic rings. The Kier molecular flexibility index (Phi) is 8.16. The maximum atomic E-state index is 10.9.